The van der Waals surface area contributed by atoms with E-state index in [0.29, 0.717) is 5.92 Å². The maximum absolute atomic E-state index is 10.1. The SMILES string of the molecule is CCCCCC1OC(O)C(CSc2ccccc2)C1C. The summed E-state index contributed by atoms with van der Waals surface area (Å²) < 4.78 is 5.76. The molecule has 1 N–H and O–H groups in total. The minimum Gasteiger partial charge on any atom is -0.368 e. The van der Waals surface area contributed by atoms with Gasteiger partial charge in [0.25, 0.3) is 0 Å². The van der Waals surface area contributed by atoms with Crippen molar-refractivity contribution in [1.82, 2.24) is 0 Å². The van der Waals surface area contributed by atoms with Crippen molar-refractivity contribution in [3.05, 3.63) is 30.3 Å². The van der Waals surface area contributed by atoms with Gasteiger partial charge in [0.05, 0.1) is 6.10 Å². The molecule has 112 valence electrons. The van der Waals surface area contributed by atoms with E-state index in [2.05, 4.69) is 38.1 Å². The van der Waals surface area contributed by atoms with Crippen molar-refractivity contribution in [3.63, 3.8) is 0 Å². The topological polar surface area (TPSA) is 29.5 Å². The smallest absolute Gasteiger partial charge is 0.158 e. The quantitative estimate of drug-likeness (QED) is 0.599. The van der Waals surface area contributed by atoms with Gasteiger partial charge in [0.2, 0.25) is 0 Å². The summed E-state index contributed by atoms with van der Waals surface area (Å²) >= 11 is 1.82. The summed E-state index contributed by atoms with van der Waals surface area (Å²) in [6, 6.07) is 10.4. The molecule has 0 aromatic heterocycles. The summed E-state index contributed by atoms with van der Waals surface area (Å²) in [7, 11) is 0. The average molecular weight is 294 g/mol. The number of unbranched alkanes of at least 4 members (excludes halogenated alkanes) is 2. The summed E-state index contributed by atoms with van der Waals surface area (Å²) in [5, 5.41) is 10.1. The molecule has 2 rings (SSSR count). The van der Waals surface area contributed by atoms with Crippen molar-refractivity contribution in [3.8, 4) is 0 Å². The van der Waals surface area contributed by atoms with Gasteiger partial charge in [0.1, 0.15) is 0 Å². The fourth-order valence-corrected chi connectivity index (χ4v) is 4.01. The molecule has 0 radical (unpaired) electrons. The Bertz CT molecular complexity index is 382. The van der Waals surface area contributed by atoms with Gasteiger partial charge in [-0.25, -0.2) is 0 Å². The molecule has 0 saturated carbocycles. The Kier molecular flexibility index (Phi) is 6.40. The lowest BCUT2D eigenvalue weighted by molar-refractivity contribution is -0.106. The molecule has 2 nitrogen and oxygen atoms in total. The lowest BCUT2D eigenvalue weighted by Gasteiger charge is -2.18. The number of aliphatic hydroxyl groups excluding tert-OH is 1. The first kappa shape index (κ1) is 15.9. The molecule has 0 spiro atoms. The van der Waals surface area contributed by atoms with E-state index >= 15 is 0 Å². The molecule has 3 heteroatoms. The van der Waals surface area contributed by atoms with E-state index in [9.17, 15) is 5.11 Å². The molecular weight excluding hydrogens is 268 g/mol. The molecule has 1 aliphatic heterocycles. The zero-order chi connectivity index (χ0) is 14.4. The number of aliphatic hydroxyl groups is 1. The second-order valence-electron chi connectivity index (χ2n) is 5.71. The fourth-order valence-electron chi connectivity index (χ4n) is 2.81. The molecule has 1 aliphatic rings. The molecule has 20 heavy (non-hydrogen) atoms. The fraction of sp³-hybridized carbons (Fsp3) is 0.647. The van der Waals surface area contributed by atoms with E-state index in [4.69, 9.17) is 4.74 Å². The first-order chi connectivity index (χ1) is 9.72. The van der Waals surface area contributed by atoms with Crippen LogP contribution in [0.4, 0.5) is 0 Å². The summed E-state index contributed by atoms with van der Waals surface area (Å²) in [5.74, 6) is 1.61. The molecule has 4 unspecified atom stereocenters. The molecule has 0 bridgehead atoms. The standard InChI is InChI=1S/C17H26O2S/c1-3-4-6-11-16-13(2)15(17(18)19-16)12-20-14-9-7-5-8-10-14/h5,7-10,13,15-18H,3-4,6,11-12H2,1-2H3. The zero-order valence-electron chi connectivity index (χ0n) is 12.5. The third-order valence-corrected chi connectivity index (χ3v) is 5.38. The van der Waals surface area contributed by atoms with Crippen LogP contribution in [0, 0.1) is 11.8 Å². The van der Waals surface area contributed by atoms with Gasteiger partial charge in [-0.1, -0.05) is 51.3 Å². The average Bonchev–Trinajstić information content (AvgIpc) is 2.73. The summed E-state index contributed by atoms with van der Waals surface area (Å²) in [4.78, 5) is 1.27. The molecule has 1 heterocycles. The second kappa shape index (κ2) is 8.06. The van der Waals surface area contributed by atoms with Crippen molar-refractivity contribution in [2.45, 2.75) is 56.8 Å². The number of benzene rings is 1. The number of rotatable bonds is 7. The summed E-state index contributed by atoms with van der Waals surface area (Å²) in [5.41, 5.74) is 0. The highest BCUT2D eigenvalue weighted by Gasteiger charge is 2.40. The van der Waals surface area contributed by atoms with Crippen LogP contribution in [0.15, 0.2) is 35.2 Å². The maximum Gasteiger partial charge on any atom is 0.158 e. The first-order valence-corrected chi connectivity index (χ1v) is 8.72. The van der Waals surface area contributed by atoms with E-state index in [-0.39, 0.29) is 12.0 Å². The molecule has 1 saturated heterocycles. The van der Waals surface area contributed by atoms with Gasteiger partial charge in [-0.05, 0) is 24.5 Å². The predicted octanol–water partition coefficient (Wildman–Crippen LogP) is 4.33. The molecule has 0 amide bonds. The van der Waals surface area contributed by atoms with Crippen LogP contribution in [0.1, 0.15) is 39.5 Å². The highest BCUT2D eigenvalue weighted by atomic mass is 32.2. The van der Waals surface area contributed by atoms with Gasteiger partial charge in [0, 0.05) is 16.6 Å². The molecule has 1 aromatic carbocycles. The van der Waals surface area contributed by atoms with Gasteiger partial charge in [-0.15, -0.1) is 11.8 Å². The van der Waals surface area contributed by atoms with Crippen LogP contribution in [0.3, 0.4) is 0 Å². The Balaban J connectivity index is 1.82. The molecule has 4 atom stereocenters. The normalized spacial score (nSPS) is 29.8. The van der Waals surface area contributed by atoms with Crippen molar-refractivity contribution >= 4 is 11.8 Å². The summed E-state index contributed by atoms with van der Waals surface area (Å²) in [6.45, 7) is 4.44. The van der Waals surface area contributed by atoms with Crippen LogP contribution in [0.25, 0.3) is 0 Å². The molecule has 1 fully saturated rings. The Morgan fingerprint density at radius 3 is 2.65 bits per heavy atom. The van der Waals surface area contributed by atoms with Gasteiger partial charge >= 0.3 is 0 Å². The molecule has 1 aromatic rings. The van der Waals surface area contributed by atoms with E-state index in [0.717, 1.165) is 12.2 Å². The Morgan fingerprint density at radius 1 is 1.20 bits per heavy atom. The van der Waals surface area contributed by atoms with E-state index in [1.54, 1.807) is 0 Å². The van der Waals surface area contributed by atoms with E-state index < -0.39 is 6.29 Å². The van der Waals surface area contributed by atoms with Gasteiger partial charge < -0.3 is 9.84 Å². The second-order valence-corrected chi connectivity index (χ2v) is 6.80. The monoisotopic (exact) mass is 294 g/mol. The van der Waals surface area contributed by atoms with Crippen LogP contribution in [0.5, 0.6) is 0 Å². The van der Waals surface area contributed by atoms with Gasteiger partial charge in [-0.2, -0.15) is 0 Å². The van der Waals surface area contributed by atoms with Crippen LogP contribution in [-0.2, 0) is 4.74 Å². The highest BCUT2D eigenvalue weighted by molar-refractivity contribution is 7.99. The Labute approximate surface area is 126 Å². The predicted molar refractivity (Wildman–Crippen MR) is 84.8 cm³/mol. The van der Waals surface area contributed by atoms with E-state index in [1.165, 1.54) is 24.2 Å². The molecule has 0 aliphatic carbocycles. The summed E-state index contributed by atoms with van der Waals surface area (Å²) in [6.07, 6.45) is 4.42. The number of thioether (sulfide) groups is 1. The first-order valence-electron chi connectivity index (χ1n) is 7.73. The van der Waals surface area contributed by atoms with Crippen LogP contribution >= 0.6 is 11.8 Å². The van der Waals surface area contributed by atoms with Crippen molar-refractivity contribution < 1.29 is 9.84 Å². The van der Waals surface area contributed by atoms with Gasteiger partial charge in [-0.3, -0.25) is 0 Å². The highest BCUT2D eigenvalue weighted by Crippen LogP contribution is 2.37. The van der Waals surface area contributed by atoms with Gasteiger partial charge in [0.15, 0.2) is 6.29 Å². The molecular formula is C17H26O2S. The maximum atomic E-state index is 10.1. The van der Waals surface area contributed by atoms with Crippen molar-refractivity contribution in [1.29, 1.82) is 0 Å². The van der Waals surface area contributed by atoms with E-state index in [1.807, 2.05) is 17.8 Å². The van der Waals surface area contributed by atoms with Crippen molar-refractivity contribution in [2.75, 3.05) is 5.75 Å². The number of ether oxygens (including phenoxy) is 1. The Hall–Kier alpha value is -0.510. The number of hydrogen-bond donors (Lipinski definition) is 1. The Morgan fingerprint density at radius 2 is 1.95 bits per heavy atom. The third-order valence-electron chi connectivity index (χ3n) is 4.22. The van der Waals surface area contributed by atoms with Crippen LogP contribution in [0.2, 0.25) is 0 Å². The van der Waals surface area contributed by atoms with Crippen molar-refractivity contribution in [2.24, 2.45) is 11.8 Å². The minimum absolute atomic E-state index is 0.234. The lowest BCUT2D eigenvalue weighted by Crippen LogP contribution is -2.21. The van der Waals surface area contributed by atoms with Crippen LogP contribution < -0.4 is 0 Å². The third kappa shape index (κ3) is 4.24. The largest absolute Gasteiger partial charge is 0.368 e. The minimum atomic E-state index is -0.590. The lowest BCUT2D eigenvalue weighted by atomic mass is 9.91. The van der Waals surface area contributed by atoms with Crippen LogP contribution in [-0.4, -0.2) is 23.3 Å². The number of hydrogen-bond acceptors (Lipinski definition) is 3. The zero-order valence-corrected chi connectivity index (χ0v) is 13.3.